The molecule has 0 saturated heterocycles. The molecule has 0 aliphatic carbocycles. The number of methoxy groups -OCH3 is 1. The fourth-order valence-corrected chi connectivity index (χ4v) is 4.07. The highest BCUT2D eigenvalue weighted by atomic mass is 32.2. The Balaban J connectivity index is 1.71. The van der Waals surface area contributed by atoms with Crippen molar-refractivity contribution in [1.82, 2.24) is 5.32 Å². The van der Waals surface area contributed by atoms with Gasteiger partial charge in [0.2, 0.25) is 10.0 Å². The first-order chi connectivity index (χ1) is 14.9. The van der Waals surface area contributed by atoms with E-state index in [9.17, 15) is 13.2 Å². The van der Waals surface area contributed by atoms with Gasteiger partial charge in [0.15, 0.2) is 6.10 Å². The molecule has 0 bridgehead atoms. The molecule has 2 atom stereocenters. The second kappa shape index (κ2) is 8.90. The lowest BCUT2D eigenvalue weighted by Crippen LogP contribution is -2.44. The number of carbonyl (C=O) groups is 1. The van der Waals surface area contributed by atoms with Crippen molar-refractivity contribution in [3.63, 3.8) is 0 Å². The number of nitrogens with zero attached hydrogens (tertiary/aromatic N) is 1. The maximum Gasteiger partial charge on any atom is 0.261 e. The average molecular weight is 463 g/mol. The lowest BCUT2D eigenvalue weighted by Gasteiger charge is -2.38. The van der Waals surface area contributed by atoms with Gasteiger partial charge in [-0.2, -0.15) is 0 Å². The Morgan fingerprint density at radius 1 is 1.19 bits per heavy atom. The van der Waals surface area contributed by atoms with Crippen LogP contribution in [0.25, 0.3) is 0 Å². The molecule has 1 aliphatic rings. The van der Waals surface area contributed by atoms with E-state index in [0.717, 1.165) is 11.8 Å². The average Bonchev–Trinajstić information content (AvgIpc) is 2.72. The predicted octanol–water partition coefficient (Wildman–Crippen LogP) is 3.28. The summed E-state index contributed by atoms with van der Waals surface area (Å²) in [6, 6.07) is 11.8. The molecule has 3 rings (SSSR count). The van der Waals surface area contributed by atoms with E-state index in [-0.39, 0.29) is 11.9 Å². The molecule has 2 aromatic rings. The Labute approximate surface area is 189 Å². The van der Waals surface area contributed by atoms with Gasteiger partial charge in [-0.05, 0) is 63.2 Å². The molecule has 0 aromatic heterocycles. The van der Waals surface area contributed by atoms with Crippen molar-refractivity contribution < 1.29 is 27.4 Å². The van der Waals surface area contributed by atoms with Gasteiger partial charge in [-0.3, -0.25) is 9.10 Å². The number of anilines is 1. The van der Waals surface area contributed by atoms with Crippen molar-refractivity contribution in [3.05, 3.63) is 48.0 Å². The van der Waals surface area contributed by atoms with Gasteiger partial charge < -0.3 is 19.5 Å². The van der Waals surface area contributed by atoms with Gasteiger partial charge in [0.1, 0.15) is 22.8 Å². The molecule has 8 nitrogen and oxygen atoms in total. The Hall–Kier alpha value is -2.94. The van der Waals surface area contributed by atoms with E-state index in [1.54, 1.807) is 38.3 Å². The van der Waals surface area contributed by atoms with Crippen LogP contribution in [0.2, 0.25) is 0 Å². The van der Waals surface area contributed by atoms with Gasteiger partial charge in [0.25, 0.3) is 5.91 Å². The molecular formula is C23H30N2O6S. The van der Waals surface area contributed by atoms with Crippen molar-refractivity contribution in [2.75, 3.05) is 24.7 Å². The molecule has 1 amide bonds. The van der Waals surface area contributed by atoms with E-state index >= 15 is 0 Å². The van der Waals surface area contributed by atoms with Crippen molar-refractivity contribution >= 4 is 21.6 Å². The van der Waals surface area contributed by atoms with Crippen LogP contribution in [0.3, 0.4) is 0 Å². The molecule has 2 aromatic carbocycles. The Morgan fingerprint density at radius 3 is 2.41 bits per heavy atom. The zero-order valence-corrected chi connectivity index (χ0v) is 20.0. The maximum atomic E-state index is 12.9. The number of fused-ring (bicyclic) bond motifs is 1. The lowest BCUT2D eigenvalue weighted by atomic mass is 9.89. The predicted molar refractivity (Wildman–Crippen MR) is 123 cm³/mol. The van der Waals surface area contributed by atoms with Crippen LogP contribution in [0, 0.1) is 0 Å². The molecule has 1 heterocycles. The minimum absolute atomic E-state index is 0.256. The highest BCUT2D eigenvalue weighted by Crippen LogP contribution is 2.41. The fourth-order valence-electron chi connectivity index (χ4n) is 3.56. The van der Waals surface area contributed by atoms with Crippen LogP contribution in [0.5, 0.6) is 17.2 Å². The van der Waals surface area contributed by atoms with Crippen LogP contribution in [-0.2, 0) is 14.8 Å². The van der Waals surface area contributed by atoms with E-state index in [2.05, 4.69) is 5.32 Å². The van der Waals surface area contributed by atoms with E-state index in [4.69, 9.17) is 14.2 Å². The van der Waals surface area contributed by atoms with E-state index in [1.807, 2.05) is 32.0 Å². The summed E-state index contributed by atoms with van der Waals surface area (Å²) in [6.45, 7) is 5.63. The minimum atomic E-state index is -3.35. The Morgan fingerprint density at radius 2 is 1.81 bits per heavy atom. The van der Waals surface area contributed by atoms with Crippen LogP contribution >= 0.6 is 0 Å². The van der Waals surface area contributed by atoms with Crippen molar-refractivity contribution in [1.29, 1.82) is 0 Å². The summed E-state index contributed by atoms with van der Waals surface area (Å²) in [6.07, 6.45) is 0.973. The molecule has 174 valence electrons. The van der Waals surface area contributed by atoms with Gasteiger partial charge >= 0.3 is 0 Å². The minimum Gasteiger partial charge on any atom is -0.497 e. The molecule has 32 heavy (non-hydrogen) atoms. The summed E-state index contributed by atoms with van der Waals surface area (Å²) >= 11 is 0. The van der Waals surface area contributed by atoms with Crippen molar-refractivity contribution in [2.45, 2.75) is 44.9 Å². The topological polar surface area (TPSA) is 94.2 Å². The monoisotopic (exact) mass is 462 g/mol. The first kappa shape index (κ1) is 23.7. The highest BCUT2D eigenvalue weighted by Gasteiger charge is 2.35. The second-order valence-corrected chi connectivity index (χ2v) is 10.5. The summed E-state index contributed by atoms with van der Waals surface area (Å²) in [5.41, 5.74) is 0.926. The number of hydrogen-bond donors (Lipinski definition) is 1. The summed E-state index contributed by atoms with van der Waals surface area (Å²) in [4.78, 5) is 12.9. The van der Waals surface area contributed by atoms with Gasteiger partial charge in [-0.25, -0.2) is 8.42 Å². The molecular weight excluding hydrogens is 432 g/mol. The zero-order valence-electron chi connectivity index (χ0n) is 19.2. The normalized spacial score (nSPS) is 18.0. The van der Waals surface area contributed by atoms with E-state index in [1.165, 1.54) is 11.4 Å². The van der Waals surface area contributed by atoms with Gasteiger partial charge in [0.05, 0.1) is 25.1 Å². The summed E-state index contributed by atoms with van der Waals surface area (Å²) < 4.78 is 41.7. The van der Waals surface area contributed by atoms with Crippen LogP contribution in [0.1, 0.15) is 38.8 Å². The van der Waals surface area contributed by atoms with Crippen molar-refractivity contribution in [2.24, 2.45) is 0 Å². The number of carbonyl (C=O) groups excluding carboxylic acids is 1. The molecule has 0 fully saturated rings. The number of amides is 1. The number of nitrogens with one attached hydrogen (secondary N) is 1. The van der Waals surface area contributed by atoms with E-state index < -0.39 is 21.7 Å². The smallest absolute Gasteiger partial charge is 0.261 e. The van der Waals surface area contributed by atoms with Crippen LogP contribution < -0.4 is 23.8 Å². The third kappa shape index (κ3) is 5.45. The molecule has 0 radical (unpaired) electrons. The molecule has 9 heteroatoms. The molecule has 0 unspecified atom stereocenters. The van der Waals surface area contributed by atoms with Crippen molar-refractivity contribution in [3.8, 4) is 17.2 Å². The molecule has 1 aliphatic heterocycles. The quantitative estimate of drug-likeness (QED) is 0.679. The standard InChI is InChI=1S/C23H30N2O6S/c1-15(30-17-9-7-16(8-10-17)25(4)32(6,27)28)22(26)24-20-14-23(2,3)31-21-12-11-18(29-5)13-19(20)21/h7-13,15,20H,14H2,1-6H3,(H,24,26)/t15-,20+/m0/s1. The highest BCUT2D eigenvalue weighted by molar-refractivity contribution is 7.92. The van der Waals surface area contributed by atoms with Crippen LogP contribution in [0.15, 0.2) is 42.5 Å². The first-order valence-corrected chi connectivity index (χ1v) is 12.1. The molecule has 0 saturated carbocycles. The molecule has 1 N–H and O–H groups in total. The number of benzene rings is 2. The number of rotatable bonds is 7. The lowest BCUT2D eigenvalue weighted by molar-refractivity contribution is -0.128. The van der Waals surface area contributed by atoms with Gasteiger partial charge in [0, 0.05) is 19.0 Å². The second-order valence-electron chi connectivity index (χ2n) is 8.52. The van der Waals surface area contributed by atoms with E-state index in [0.29, 0.717) is 29.4 Å². The summed E-state index contributed by atoms with van der Waals surface area (Å²) in [5.74, 6) is 1.60. The maximum absolute atomic E-state index is 12.9. The van der Waals surface area contributed by atoms with Crippen LogP contribution in [-0.4, -0.2) is 46.4 Å². The summed E-state index contributed by atoms with van der Waals surface area (Å²) in [7, 11) is -0.281. The fraction of sp³-hybridized carbons (Fsp3) is 0.435. The largest absolute Gasteiger partial charge is 0.497 e. The number of hydrogen-bond acceptors (Lipinski definition) is 6. The van der Waals surface area contributed by atoms with Crippen LogP contribution in [0.4, 0.5) is 5.69 Å². The third-order valence-corrected chi connectivity index (χ3v) is 6.58. The van der Waals surface area contributed by atoms with Gasteiger partial charge in [-0.1, -0.05) is 0 Å². The number of sulfonamides is 1. The van der Waals surface area contributed by atoms with Gasteiger partial charge in [-0.15, -0.1) is 0 Å². The zero-order chi connectivity index (χ0) is 23.7. The SMILES string of the molecule is COc1ccc2c(c1)[C@H](NC(=O)[C@H](C)Oc1ccc(N(C)S(C)(=O)=O)cc1)CC(C)(C)O2. The Bertz CT molecular complexity index is 1080. The molecule has 0 spiro atoms. The Kier molecular flexibility index (Phi) is 6.59. The third-order valence-electron chi connectivity index (χ3n) is 5.37. The first-order valence-electron chi connectivity index (χ1n) is 10.3. The summed E-state index contributed by atoms with van der Waals surface area (Å²) in [5, 5.41) is 3.06. The number of ether oxygens (including phenoxy) is 3.